The lowest BCUT2D eigenvalue weighted by Crippen LogP contribution is -2.30. The van der Waals surface area contributed by atoms with Crippen molar-refractivity contribution in [2.24, 2.45) is 5.84 Å². The largest absolute Gasteiger partial charge is 0.397 e. The van der Waals surface area contributed by atoms with E-state index < -0.39 is 11.8 Å². The van der Waals surface area contributed by atoms with Gasteiger partial charge in [0.15, 0.2) is 0 Å². The summed E-state index contributed by atoms with van der Waals surface area (Å²) in [4.78, 5) is 24.9. The highest BCUT2D eigenvalue weighted by atomic mass is 32.1. The predicted molar refractivity (Wildman–Crippen MR) is 105 cm³/mol. The Morgan fingerprint density at radius 1 is 0.846 bits per heavy atom. The van der Waals surface area contributed by atoms with Crippen molar-refractivity contribution in [3.8, 4) is 0 Å². The van der Waals surface area contributed by atoms with Gasteiger partial charge in [-0.2, -0.15) is 0 Å². The van der Waals surface area contributed by atoms with E-state index in [9.17, 15) is 9.59 Å². The number of rotatable bonds is 5. The average Bonchev–Trinajstić information content (AvgIpc) is 2.98. The number of hydrogen-bond donors (Lipinski definition) is 5. The number of para-hydroxylation sites is 2. The first kappa shape index (κ1) is 17.5. The van der Waals surface area contributed by atoms with Crippen LogP contribution in [0.3, 0.4) is 0 Å². The van der Waals surface area contributed by atoms with Gasteiger partial charge in [-0.3, -0.25) is 15.0 Å². The Bertz CT molecular complexity index is 926. The molecule has 0 fully saturated rings. The molecule has 0 aliphatic heterocycles. The number of nitrogens with one attached hydrogen (secondary N) is 3. The quantitative estimate of drug-likeness (QED) is 0.270. The maximum absolute atomic E-state index is 12.8. The summed E-state index contributed by atoms with van der Waals surface area (Å²) in [5.41, 5.74) is 9.79. The molecule has 2 aromatic carbocycles. The maximum atomic E-state index is 12.8. The molecular formula is C18H17N5O2S. The molecule has 1 aromatic heterocycles. The van der Waals surface area contributed by atoms with Crippen LogP contribution in [0.5, 0.6) is 0 Å². The Labute approximate surface area is 154 Å². The highest BCUT2D eigenvalue weighted by molar-refractivity contribution is 7.19. The van der Waals surface area contributed by atoms with Crippen LogP contribution in [0.1, 0.15) is 20.0 Å². The van der Waals surface area contributed by atoms with Crippen molar-refractivity contribution in [1.82, 2.24) is 5.43 Å². The molecular weight excluding hydrogens is 350 g/mol. The third kappa shape index (κ3) is 3.66. The molecule has 3 rings (SSSR count). The number of hydrogen-bond acceptors (Lipinski definition) is 6. The van der Waals surface area contributed by atoms with Crippen LogP contribution in [0.25, 0.3) is 0 Å². The standard InChI is InChI=1S/C18H17N5O2S/c19-14-13(16(24)21-11-7-3-1-4-8-11)18(26-15(14)17(25)23-20)22-12-9-5-2-6-10-12/h1-10,22H,19-20H2,(H,21,24)(H,23,25). The SMILES string of the molecule is NNC(=O)c1sc(Nc2ccccc2)c(C(=O)Nc2ccccc2)c1N. The normalized spacial score (nSPS) is 10.2. The van der Waals surface area contributed by atoms with Crippen LogP contribution in [0.4, 0.5) is 22.1 Å². The van der Waals surface area contributed by atoms with Crippen LogP contribution in [0.15, 0.2) is 60.7 Å². The second-order valence-corrected chi connectivity index (χ2v) is 6.35. The summed E-state index contributed by atoms with van der Waals surface area (Å²) >= 11 is 1.06. The van der Waals surface area contributed by atoms with Crippen molar-refractivity contribution in [2.75, 3.05) is 16.4 Å². The second-order valence-electron chi connectivity index (χ2n) is 5.33. The first-order valence-electron chi connectivity index (χ1n) is 7.72. The maximum Gasteiger partial charge on any atom is 0.277 e. The molecule has 0 radical (unpaired) electrons. The molecule has 0 aliphatic rings. The Balaban J connectivity index is 1.99. The van der Waals surface area contributed by atoms with Gasteiger partial charge in [0, 0.05) is 11.4 Å². The van der Waals surface area contributed by atoms with Gasteiger partial charge in [0.1, 0.15) is 9.88 Å². The Morgan fingerprint density at radius 2 is 1.42 bits per heavy atom. The van der Waals surface area contributed by atoms with Crippen molar-refractivity contribution in [2.45, 2.75) is 0 Å². The molecule has 7 nitrogen and oxygen atoms in total. The van der Waals surface area contributed by atoms with Crippen LogP contribution in [0.2, 0.25) is 0 Å². The molecule has 0 unspecified atom stereocenters. The van der Waals surface area contributed by atoms with Crippen LogP contribution in [0, 0.1) is 0 Å². The molecule has 1 heterocycles. The molecule has 0 aliphatic carbocycles. The van der Waals surface area contributed by atoms with Crippen molar-refractivity contribution in [3.05, 3.63) is 71.1 Å². The summed E-state index contributed by atoms with van der Waals surface area (Å²) in [6, 6.07) is 18.3. The first-order chi connectivity index (χ1) is 12.6. The fourth-order valence-electron chi connectivity index (χ4n) is 2.36. The van der Waals surface area contributed by atoms with Gasteiger partial charge in [0.05, 0.1) is 11.3 Å². The number of hydrazine groups is 1. The van der Waals surface area contributed by atoms with Crippen LogP contribution < -0.4 is 27.6 Å². The van der Waals surface area contributed by atoms with E-state index in [1.807, 2.05) is 54.0 Å². The monoisotopic (exact) mass is 367 g/mol. The summed E-state index contributed by atoms with van der Waals surface area (Å²) in [7, 11) is 0. The van der Waals surface area contributed by atoms with Gasteiger partial charge in [-0.05, 0) is 24.3 Å². The minimum Gasteiger partial charge on any atom is -0.397 e. The number of nitrogen functional groups attached to an aromatic ring is 2. The van der Waals surface area contributed by atoms with Gasteiger partial charge < -0.3 is 16.4 Å². The number of thiophene rings is 1. The molecule has 2 amide bonds. The van der Waals surface area contributed by atoms with Crippen molar-refractivity contribution in [1.29, 1.82) is 0 Å². The molecule has 26 heavy (non-hydrogen) atoms. The van der Waals surface area contributed by atoms with Crippen LogP contribution in [-0.2, 0) is 0 Å². The van der Waals surface area contributed by atoms with Crippen LogP contribution in [-0.4, -0.2) is 11.8 Å². The fourth-order valence-corrected chi connectivity index (χ4v) is 3.40. The molecule has 3 aromatic rings. The Kier molecular flexibility index (Phi) is 5.16. The van der Waals surface area contributed by atoms with E-state index in [0.717, 1.165) is 17.0 Å². The average molecular weight is 367 g/mol. The van der Waals surface area contributed by atoms with Gasteiger partial charge in [-0.1, -0.05) is 36.4 Å². The molecule has 0 atom stereocenters. The number of anilines is 4. The molecule has 0 bridgehead atoms. The van der Waals surface area contributed by atoms with Crippen molar-refractivity contribution < 1.29 is 9.59 Å². The topological polar surface area (TPSA) is 122 Å². The van der Waals surface area contributed by atoms with Gasteiger partial charge in [0.25, 0.3) is 11.8 Å². The zero-order valence-electron chi connectivity index (χ0n) is 13.7. The van der Waals surface area contributed by atoms with E-state index in [2.05, 4.69) is 10.6 Å². The molecule has 7 N–H and O–H groups in total. The van der Waals surface area contributed by atoms with E-state index >= 15 is 0 Å². The summed E-state index contributed by atoms with van der Waals surface area (Å²) in [6.45, 7) is 0. The minimum absolute atomic E-state index is 0.0739. The molecule has 8 heteroatoms. The van der Waals surface area contributed by atoms with E-state index in [1.54, 1.807) is 12.1 Å². The Hall–Kier alpha value is -3.36. The molecule has 132 valence electrons. The van der Waals surface area contributed by atoms with Crippen molar-refractivity contribution in [3.63, 3.8) is 0 Å². The summed E-state index contributed by atoms with van der Waals surface area (Å²) in [5, 5.41) is 6.38. The number of carbonyl (C=O) groups is 2. The summed E-state index contributed by atoms with van der Waals surface area (Å²) < 4.78 is 0. The van der Waals surface area contributed by atoms with Gasteiger partial charge in [-0.15, -0.1) is 11.3 Å². The first-order valence-corrected chi connectivity index (χ1v) is 8.53. The van der Waals surface area contributed by atoms with Gasteiger partial charge in [-0.25, -0.2) is 5.84 Å². The summed E-state index contributed by atoms with van der Waals surface area (Å²) in [5.74, 6) is 4.24. The lowest BCUT2D eigenvalue weighted by Gasteiger charge is -2.09. The van der Waals surface area contributed by atoms with E-state index in [4.69, 9.17) is 11.6 Å². The van der Waals surface area contributed by atoms with E-state index in [-0.39, 0.29) is 16.1 Å². The number of nitrogens with two attached hydrogens (primary N) is 2. The zero-order chi connectivity index (χ0) is 18.5. The van der Waals surface area contributed by atoms with E-state index in [1.165, 1.54) is 0 Å². The van der Waals surface area contributed by atoms with E-state index in [0.29, 0.717) is 10.7 Å². The number of carbonyl (C=O) groups excluding carboxylic acids is 2. The minimum atomic E-state index is -0.553. The van der Waals surface area contributed by atoms with Crippen molar-refractivity contribution >= 4 is 45.2 Å². The molecule has 0 saturated carbocycles. The second kappa shape index (κ2) is 7.68. The number of amides is 2. The number of benzene rings is 2. The van der Waals surface area contributed by atoms with Crippen LogP contribution >= 0.6 is 11.3 Å². The lowest BCUT2D eigenvalue weighted by molar-refractivity contribution is 0.0958. The van der Waals surface area contributed by atoms with Gasteiger partial charge >= 0.3 is 0 Å². The lowest BCUT2D eigenvalue weighted by atomic mass is 10.2. The third-order valence-electron chi connectivity index (χ3n) is 3.57. The highest BCUT2D eigenvalue weighted by Crippen LogP contribution is 2.38. The van der Waals surface area contributed by atoms with Gasteiger partial charge in [0.2, 0.25) is 0 Å². The highest BCUT2D eigenvalue weighted by Gasteiger charge is 2.25. The fraction of sp³-hybridized carbons (Fsp3) is 0. The molecule has 0 saturated heterocycles. The predicted octanol–water partition coefficient (Wildman–Crippen LogP) is 2.93. The summed E-state index contributed by atoms with van der Waals surface area (Å²) in [6.07, 6.45) is 0. The zero-order valence-corrected chi connectivity index (χ0v) is 14.5. The molecule has 0 spiro atoms. The smallest absolute Gasteiger partial charge is 0.277 e. The third-order valence-corrected chi connectivity index (χ3v) is 4.69. The Morgan fingerprint density at radius 3 is 2.00 bits per heavy atom.